The van der Waals surface area contributed by atoms with Crippen molar-refractivity contribution in [1.29, 1.82) is 0 Å². The SMILES string of the molecule is CC(C)(C)C(OCc1c(F)cccc1F)(C(F)(F)F)C(F)(F)F. The molecule has 0 unspecified atom stereocenters. The number of rotatable bonds is 3. The highest BCUT2D eigenvalue weighted by atomic mass is 19.4. The summed E-state index contributed by atoms with van der Waals surface area (Å²) in [6.45, 7) is 0.540. The van der Waals surface area contributed by atoms with Gasteiger partial charge in [0.15, 0.2) is 0 Å². The molecule has 0 aliphatic heterocycles. The lowest BCUT2D eigenvalue weighted by Crippen LogP contribution is -2.66. The maximum atomic E-state index is 13.4. The van der Waals surface area contributed by atoms with E-state index in [1.807, 2.05) is 0 Å². The molecule has 0 aliphatic carbocycles. The van der Waals surface area contributed by atoms with Crippen LogP contribution in [0.5, 0.6) is 0 Å². The smallest absolute Gasteiger partial charge is 0.353 e. The van der Waals surface area contributed by atoms with Crippen LogP contribution in [-0.2, 0) is 11.3 Å². The van der Waals surface area contributed by atoms with Gasteiger partial charge in [0.25, 0.3) is 5.60 Å². The summed E-state index contributed by atoms with van der Waals surface area (Å²) in [5.41, 5.74) is -8.05. The van der Waals surface area contributed by atoms with E-state index in [0.717, 1.165) is 6.07 Å². The first kappa shape index (κ1) is 19.7. The van der Waals surface area contributed by atoms with E-state index >= 15 is 0 Å². The van der Waals surface area contributed by atoms with Crippen molar-refractivity contribution in [3.63, 3.8) is 0 Å². The summed E-state index contributed by atoms with van der Waals surface area (Å²) in [5.74, 6) is -2.59. The van der Waals surface area contributed by atoms with Gasteiger partial charge < -0.3 is 4.74 Å². The van der Waals surface area contributed by atoms with Gasteiger partial charge in [-0.2, -0.15) is 26.3 Å². The van der Waals surface area contributed by atoms with Crippen LogP contribution in [0.25, 0.3) is 0 Å². The summed E-state index contributed by atoms with van der Waals surface area (Å²) >= 11 is 0. The Morgan fingerprint density at radius 2 is 1.22 bits per heavy atom. The molecule has 0 aliphatic rings. The van der Waals surface area contributed by atoms with Gasteiger partial charge in [-0.1, -0.05) is 26.8 Å². The minimum Gasteiger partial charge on any atom is -0.353 e. The fourth-order valence-electron chi connectivity index (χ4n) is 2.24. The Labute approximate surface area is 127 Å². The van der Waals surface area contributed by atoms with Gasteiger partial charge in [-0.3, -0.25) is 0 Å². The summed E-state index contributed by atoms with van der Waals surface area (Å²) in [6, 6.07) is 2.35. The summed E-state index contributed by atoms with van der Waals surface area (Å²) in [5, 5.41) is 0. The largest absolute Gasteiger partial charge is 0.427 e. The summed E-state index contributed by atoms with van der Waals surface area (Å²) in [4.78, 5) is 0. The highest BCUT2D eigenvalue weighted by molar-refractivity contribution is 5.19. The van der Waals surface area contributed by atoms with Crippen LogP contribution in [0, 0.1) is 17.0 Å². The summed E-state index contributed by atoms with van der Waals surface area (Å²) in [6.07, 6.45) is -11.7. The molecule has 1 aromatic rings. The third kappa shape index (κ3) is 3.44. The van der Waals surface area contributed by atoms with E-state index < -0.39 is 47.2 Å². The summed E-state index contributed by atoms with van der Waals surface area (Å²) in [7, 11) is 0. The Balaban J connectivity index is 3.38. The van der Waals surface area contributed by atoms with Gasteiger partial charge in [0.2, 0.25) is 0 Å². The van der Waals surface area contributed by atoms with Crippen LogP contribution in [0.3, 0.4) is 0 Å². The average molecular weight is 350 g/mol. The fourth-order valence-corrected chi connectivity index (χ4v) is 2.24. The van der Waals surface area contributed by atoms with E-state index in [-0.39, 0.29) is 0 Å². The number of hydrogen-bond acceptors (Lipinski definition) is 1. The van der Waals surface area contributed by atoms with Gasteiger partial charge >= 0.3 is 12.4 Å². The Morgan fingerprint density at radius 1 is 0.826 bits per heavy atom. The van der Waals surface area contributed by atoms with Crippen molar-refractivity contribution in [2.45, 2.75) is 45.3 Å². The van der Waals surface area contributed by atoms with Gasteiger partial charge in [-0.15, -0.1) is 0 Å². The van der Waals surface area contributed by atoms with E-state index in [2.05, 4.69) is 4.74 Å². The van der Waals surface area contributed by atoms with Gasteiger partial charge in [-0.25, -0.2) is 8.78 Å². The molecule has 1 aromatic carbocycles. The van der Waals surface area contributed by atoms with Crippen LogP contribution in [0.2, 0.25) is 0 Å². The van der Waals surface area contributed by atoms with Crippen molar-refractivity contribution >= 4 is 0 Å². The second-order valence-electron chi connectivity index (χ2n) is 5.92. The minimum atomic E-state index is -5.84. The predicted molar refractivity (Wildman–Crippen MR) is 65.4 cm³/mol. The molecule has 1 nitrogen and oxygen atoms in total. The van der Waals surface area contributed by atoms with Gasteiger partial charge in [-0.05, 0) is 12.1 Å². The van der Waals surface area contributed by atoms with Gasteiger partial charge in [0, 0.05) is 11.0 Å². The molecule has 0 fully saturated rings. The van der Waals surface area contributed by atoms with Crippen LogP contribution in [0.15, 0.2) is 18.2 Å². The molecule has 9 heteroatoms. The lowest BCUT2D eigenvalue weighted by atomic mass is 9.75. The molecular weight excluding hydrogens is 336 g/mol. The normalized spacial score (nSPS) is 14.2. The highest BCUT2D eigenvalue weighted by Gasteiger charge is 2.77. The second kappa shape index (κ2) is 5.92. The lowest BCUT2D eigenvalue weighted by molar-refractivity contribution is -0.413. The van der Waals surface area contributed by atoms with Crippen molar-refractivity contribution in [3.8, 4) is 0 Å². The average Bonchev–Trinajstić information content (AvgIpc) is 2.27. The third-order valence-corrected chi connectivity index (χ3v) is 3.35. The molecule has 1 rings (SSSR count). The number of benzene rings is 1. The molecule has 0 saturated carbocycles. The van der Waals surface area contributed by atoms with E-state index in [4.69, 9.17) is 0 Å². The van der Waals surface area contributed by atoms with Crippen LogP contribution in [0.1, 0.15) is 26.3 Å². The first-order valence-corrected chi connectivity index (χ1v) is 6.35. The maximum absolute atomic E-state index is 13.4. The zero-order valence-corrected chi connectivity index (χ0v) is 12.4. The Hall–Kier alpha value is -1.38. The molecule has 0 saturated heterocycles. The van der Waals surface area contributed by atoms with Crippen LogP contribution in [0.4, 0.5) is 35.1 Å². The first-order chi connectivity index (χ1) is 10.1. The van der Waals surface area contributed by atoms with E-state index in [0.29, 0.717) is 32.9 Å². The van der Waals surface area contributed by atoms with Gasteiger partial charge in [0.1, 0.15) is 11.6 Å². The van der Waals surface area contributed by atoms with Gasteiger partial charge in [0.05, 0.1) is 6.61 Å². The zero-order chi connectivity index (χ0) is 18.3. The lowest BCUT2D eigenvalue weighted by Gasteiger charge is -2.45. The van der Waals surface area contributed by atoms with Crippen molar-refractivity contribution in [2.75, 3.05) is 0 Å². The standard InChI is InChI=1S/C14H14F8O/c1-11(2,3)12(13(17,18)19,14(20,21)22)23-7-8-9(15)5-4-6-10(8)16/h4-6H,7H2,1-3H3. The number of hydrogen-bond donors (Lipinski definition) is 0. The van der Waals surface area contributed by atoms with Crippen molar-refractivity contribution < 1.29 is 39.9 Å². The molecule has 0 aromatic heterocycles. The number of alkyl halides is 6. The Kier molecular flexibility index (Phi) is 5.06. The third-order valence-electron chi connectivity index (χ3n) is 3.35. The maximum Gasteiger partial charge on any atom is 0.427 e. The second-order valence-corrected chi connectivity index (χ2v) is 5.92. The first-order valence-electron chi connectivity index (χ1n) is 6.35. The van der Waals surface area contributed by atoms with Crippen molar-refractivity contribution in [2.24, 2.45) is 5.41 Å². The Morgan fingerprint density at radius 3 is 1.52 bits per heavy atom. The predicted octanol–water partition coefficient (Wildman–Crippen LogP) is 5.39. The zero-order valence-electron chi connectivity index (χ0n) is 12.4. The molecule has 0 amide bonds. The Bertz CT molecular complexity index is 497. The molecule has 0 radical (unpaired) electrons. The topological polar surface area (TPSA) is 9.23 Å². The van der Waals surface area contributed by atoms with Crippen LogP contribution < -0.4 is 0 Å². The fraction of sp³-hybridized carbons (Fsp3) is 0.571. The molecule has 0 atom stereocenters. The highest BCUT2D eigenvalue weighted by Crippen LogP contribution is 2.55. The monoisotopic (exact) mass is 350 g/mol. The molecule has 132 valence electrons. The molecule has 0 spiro atoms. The van der Waals surface area contributed by atoms with E-state index in [1.54, 1.807) is 0 Å². The molecule has 0 heterocycles. The van der Waals surface area contributed by atoms with E-state index in [9.17, 15) is 35.1 Å². The quantitative estimate of drug-likeness (QED) is 0.664. The van der Waals surface area contributed by atoms with Crippen molar-refractivity contribution in [1.82, 2.24) is 0 Å². The minimum absolute atomic E-state index is 0.686. The van der Waals surface area contributed by atoms with Crippen LogP contribution in [-0.4, -0.2) is 18.0 Å². The molecule has 0 bridgehead atoms. The molecular formula is C14H14F8O. The number of ether oxygens (including phenoxy) is 1. The summed E-state index contributed by atoms with van der Waals surface area (Å²) < 4.78 is 110. The van der Waals surface area contributed by atoms with E-state index in [1.165, 1.54) is 0 Å². The van der Waals surface area contributed by atoms with Crippen molar-refractivity contribution in [3.05, 3.63) is 35.4 Å². The molecule has 23 heavy (non-hydrogen) atoms. The molecule has 0 N–H and O–H groups in total. The number of halogens is 8. The van der Waals surface area contributed by atoms with Crippen LogP contribution >= 0.6 is 0 Å².